The van der Waals surface area contributed by atoms with Crippen molar-refractivity contribution in [3.63, 3.8) is 0 Å². The average Bonchev–Trinajstić information content (AvgIpc) is 3.13. The van der Waals surface area contributed by atoms with Crippen molar-refractivity contribution in [2.75, 3.05) is 20.2 Å². The van der Waals surface area contributed by atoms with Gasteiger partial charge in [-0.1, -0.05) is 20.8 Å². The lowest BCUT2D eigenvalue weighted by atomic mass is 9.94. The highest BCUT2D eigenvalue weighted by molar-refractivity contribution is 5.79. The molecule has 6 heteroatoms. The van der Waals surface area contributed by atoms with E-state index in [0.717, 1.165) is 31.3 Å². The van der Waals surface area contributed by atoms with E-state index in [-0.39, 0.29) is 5.41 Å². The lowest BCUT2D eigenvalue weighted by molar-refractivity contribution is 0.105. The summed E-state index contributed by atoms with van der Waals surface area (Å²) in [6.07, 6.45) is 5.54. The van der Waals surface area contributed by atoms with Gasteiger partial charge < -0.3 is 19.8 Å². The van der Waals surface area contributed by atoms with Crippen LogP contribution in [0.15, 0.2) is 15.6 Å². The first-order valence-corrected chi connectivity index (χ1v) is 8.00. The molecule has 0 spiro atoms. The Morgan fingerprint density at radius 3 is 2.82 bits per heavy atom. The van der Waals surface area contributed by atoms with Gasteiger partial charge >= 0.3 is 0 Å². The number of hydrogen-bond acceptors (Lipinski definition) is 4. The maximum Gasteiger partial charge on any atom is 0.213 e. The molecule has 2 N–H and O–H groups in total. The monoisotopic (exact) mass is 308 g/mol. The molecule has 0 amide bonds. The van der Waals surface area contributed by atoms with Gasteiger partial charge in [0.2, 0.25) is 5.89 Å². The molecule has 1 aliphatic heterocycles. The summed E-state index contributed by atoms with van der Waals surface area (Å²) < 4.78 is 11.4. The quantitative estimate of drug-likeness (QED) is 0.644. The normalized spacial score (nSPS) is 19.5. The number of nitrogens with one attached hydrogen (secondary N) is 2. The first-order chi connectivity index (χ1) is 10.5. The third kappa shape index (κ3) is 5.02. The summed E-state index contributed by atoms with van der Waals surface area (Å²) in [5, 5.41) is 6.51. The first-order valence-electron chi connectivity index (χ1n) is 8.00. The van der Waals surface area contributed by atoms with E-state index in [1.807, 2.05) is 0 Å². The summed E-state index contributed by atoms with van der Waals surface area (Å²) in [6, 6.07) is 0. The van der Waals surface area contributed by atoms with Gasteiger partial charge in [-0.2, -0.15) is 0 Å². The molecule has 1 aliphatic rings. The Morgan fingerprint density at radius 2 is 2.23 bits per heavy atom. The second kappa shape index (κ2) is 7.63. The minimum Gasteiger partial charge on any atom is -0.443 e. The Bertz CT molecular complexity index is 485. The summed E-state index contributed by atoms with van der Waals surface area (Å²) >= 11 is 0. The molecule has 0 saturated carbocycles. The summed E-state index contributed by atoms with van der Waals surface area (Å²) in [5.41, 5.74) is -0.0214. The smallest absolute Gasteiger partial charge is 0.213 e. The van der Waals surface area contributed by atoms with Crippen LogP contribution in [0.3, 0.4) is 0 Å². The predicted molar refractivity (Wildman–Crippen MR) is 87.0 cm³/mol. The number of guanidine groups is 1. The number of oxazole rings is 1. The Hall–Kier alpha value is -1.56. The largest absolute Gasteiger partial charge is 0.443 e. The molecule has 0 aliphatic carbocycles. The highest BCUT2D eigenvalue weighted by atomic mass is 16.5. The molecule has 0 aromatic carbocycles. The van der Waals surface area contributed by atoms with Gasteiger partial charge in [0, 0.05) is 25.6 Å². The van der Waals surface area contributed by atoms with Crippen LogP contribution in [-0.2, 0) is 16.7 Å². The van der Waals surface area contributed by atoms with Crippen LogP contribution in [0.25, 0.3) is 0 Å². The van der Waals surface area contributed by atoms with E-state index < -0.39 is 0 Å². The molecule has 1 saturated heterocycles. The average molecular weight is 308 g/mol. The van der Waals surface area contributed by atoms with Crippen molar-refractivity contribution in [3.05, 3.63) is 17.8 Å². The van der Waals surface area contributed by atoms with Crippen LogP contribution in [-0.4, -0.2) is 37.2 Å². The van der Waals surface area contributed by atoms with E-state index in [2.05, 4.69) is 41.4 Å². The molecular formula is C16H28N4O2. The highest BCUT2D eigenvalue weighted by Gasteiger charge is 2.19. The van der Waals surface area contributed by atoms with Crippen molar-refractivity contribution in [1.82, 2.24) is 15.6 Å². The third-order valence-electron chi connectivity index (χ3n) is 3.71. The maximum atomic E-state index is 5.75. The fourth-order valence-corrected chi connectivity index (χ4v) is 2.34. The summed E-state index contributed by atoms with van der Waals surface area (Å²) in [4.78, 5) is 8.51. The number of nitrogens with zero attached hydrogens (tertiary/aromatic N) is 2. The fourth-order valence-electron chi connectivity index (χ4n) is 2.34. The minimum absolute atomic E-state index is 0.0214. The molecular weight excluding hydrogens is 280 g/mol. The zero-order chi connectivity index (χ0) is 16.0. The molecule has 6 nitrogen and oxygen atoms in total. The lowest BCUT2D eigenvalue weighted by Gasteiger charge is -2.14. The molecule has 124 valence electrons. The van der Waals surface area contributed by atoms with Crippen molar-refractivity contribution in [3.8, 4) is 0 Å². The lowest BCUT2D eigenvalue weighted by Crippen LogP contribution is -2.38. The molecule has 22 heavy (non-hydrogen) atoms. The number of ether oxygens (including phenoxy) is 1. The maximum absolute atomic E-state index is 5.75. The van der Waals surface area contributed by atoms with E-state index in [4.69, 9.17) is 9.15 Å². The number of aliphatic imine (C=N–C) groups is 1. The predicted octanol–water partition coefficient (Wildman–Crippen LogP) is 2.21. The standard InChI is InChI=1S/C16H28N4O2/c1-16(2,3)13-10-19-14(22-13)11-20-15(17-4)18-8-7-12-6-5-9-21-12/h10,12H,5-9,11H2,1-4H3,(H2,17,18,20). The molecule has 2 rings (SSSR count). The minimum atomic E-state index is -0.0214. The van der Waals surface area contributed by atoms with Gasteiger partial charge in [-0.25, -0.2) is 4.98 Å². The van der Waals surface area contributed by atoms with E-state index in [0.29, 0.717) is 18.5 Å². The first kappa shape index (κ1) is 16.8. The number of hydrogen-bond donors (Lipinski definition) is 2. The van der Waals surface area contributed by atoms with E-state index in [9.17, 15) is 0 Å². The Labute approximate surface area is 132 Å². The molecule has 1 aromatic heterocycles. The Morgan fingerprint density at radius 1 is 1.41 bits per heavy atom. The number of rotatable bonds is 5. The Kier molecular flexibility index (Phi) is 5.83. The van der Waals surface area contributed by atoms with Gasteiger partial charge in [-0.05, 0) is 19.3 Å². The van der Waals surface area contributed by atoms with Gasteiger partial charge in [0.05, 0.1) is 18.8 Å². The summed E-state index contributed by atoms with van der Waals surface area (Å²) in [5.74, 6) is 2.33. The fraction of sp³-hybridized carbons (Fsp3) is 0.750. The van der Waals surface area contributed by atoms with E-state index in [1.165, 1.54) is 12.8 Å². The van der Waals surface area contributed by atoms with Crippen LogP contribution in [0.2, 0.25) is 0 Å². The topological polar surface area (TPSA) is 71.7 Å². The van der Waals surface area contributed by atoms with Crippen LogP contribution in [0.1, 0.15) is 51.7 Å². The molecule has 0 radical (unpaired) electrons. The van der Waals surface area contributed by atoms with Crippen LogP contribution >= 0.6 is 0 Å². The van der Waals surface area contributed by atoms with E-state index >= 15 is 0 Å². The van der Waals surface area contributed by atoms with Crippen molar-refractivity contribution in [1.29, 1.82) is 0 Å². The van der Waals surface area contributed by atoms with Crippen LogP contribution in [0.4, 0.5) is 0 Å². The van der Waals surface area contributed by atoms with Gasteiger partial charge in [0.15, 0.2) is 5.96 Å². The molecule has 2 heterocycles. The Balaban J connectivity index is 1.72. The van der Waals surface area contributed by atoms with Crippen LogP contribution in [0.5, 0.6) is 0 Å². The van der Waals surface area contributed by atoms with Gasteiger partial charge in [0.25, 0.3) is 0 Å². The van der Waals surface area contributed by atoms with Crippen molar-refractivity contribution in [2.24, 2.45) is 4.99 Å². The molecule has 1 atom stereocenters. The van der Waals surface area contributed by atoms with E-state index in [1.54, 1.807) is 13.2 Å². The summed E-state index contributed by atoms with van der Waals surface area (Å²) in [7, 11) is 1.76. The van der Waals surface area contributed by atoms with Crippen molar-refractivity contribution >= 4 is 5.96 Å². The molecule has 1 aromatic rings. The third-order valence-corrected chi connectivity index (χ3v) is 3.71. The van der Waals surface area contributed by atoms with Gasteiger partial charge in [-0.3, -0.25) is 4.99 Å². The zero-order valence-electron chi connectivity index (χ0n) is 14.1. The molecule has 0 bridgehead atoms. The highest BCUT2D eigenvalue weighted by Crippen LogP contribution is 2.22. The SMILES string of the molecule is CN=C(NCCC1CCCO1)NCc1ncc(C(C)(C)C)o1. The van der Waals surface area contributed by atoms with Gasteiger partial charge in [0.1, 0.15) is 5.76 Å². The van der Waals surface area contributed by atoms with Gasteiger partial charge in [-0.15, -0.1) is 0 Å². The van der Waals surface area contributed by atoms with Crippen molar-refractivity contribution < 1.29 is 9.15 Å². The second-order valence-electron chi connectivity index (χ2n) is 6.64. The molecule has 1 unspecified atom stereocenters. The van der Waals surface area contributed by atoms with Crippen LogP contribution < -0.4 is 10.6 Å². The van der Waals surface area contributed by atoms with Crippen molar-refractivity contribution in [2.45, 2.75) is 58.1 Å². The summed E-state index contributed by atoms with van der Waals surface area (Å²) in [6.45, 7) is 8.60. The van der Waals surface area contributed by atoms with Crippen LogP contribution in [0, 0.1) is 0 Å². The number of aromatic nitrogens is 1. The second-order valence-corrected chi connectivity index (χ2v) is 6.64. The molecule has 1 fully saturated rings. The zero-order valence-corrected chi connectivity index (χ0v) is 14.1.